The lowest BCUT2D eigenvalue weighted by Crippen LogP contribution is -2.19. The minimum absolute atomic E-state index is 0.362. The molecule has 0 amide bonds. The van der Waals surface area contributed by atoms with Crippen molar-refractivity contribution in [3.63, 3.8) is 0 Å². The Hall–Kier alpha value is -0.520. The lowest BCUT2D eigenvalue weighted by molar-refractivity contribution is 0.262. The summed E-state index contributed by atoms with van der Waals surface area (Å²) in [5.74, 6) is 2.76. The molecule has 0 aromatic heterocycles. The van der Waals surface area contributed by atoms with Crippen LogP contribution >= 0.6 is 0 Å². The summed E-state index contributed by atoms with van der Waals surface area (Å²) in [4.78, 5) is 0. The highest BCUT2D eigenvalue weighted by Crippen LogP contribution is 2.52. The standard InChI is InChI=1S/C19H30/c1-13-10-17(14-8-6-5-7-9-14)18-12-15(11-16(13)18)19(2,3)4/h11,13-14,17H,5-10,12H2,1-4H3. The van der Waals surface area contributed by atoms with Gasteiger partial charge >= 0.3 is 0 Å². The van der Waals surface area contributed by atoms with E-state index in [0.29, 0.717) is 5.41 Å². The molecule has 0 radical (unpaired) electrons. The zero-order chi connectivity index (χ0) is 13.6. The SMILES string of the molecule is CC1CC(C2CCCCC2)C2=C1C=C(C(C)(C)C)C2. The second kappa shape index (κ2) is 4.79. The van der Waals surface area contributed by atoms with Gasteiger partial charge in [0.2, 0.25) is 0 Å². The summed E-state index contributed by atoms with van der Waals surface area (Å²) >= 11 is 0. The largest absolute Gasteiger partial charge is 0.0605 e. The van der Waals surface area contributed by atoms with Crippen LogP contribution in [0.3, 0.4) is 0 Å². The van der Waals surface area contributed by atoms with E-state index in [2.05, 4.69) is 33.8 Å². The summed E-state index contributed by atoms with van der Waals surface area (Å²) in [5, 5.41) is 0. The van der Waals surface area contributed by atoms with Crippen molar-refractivity contribution in [2.75, 3.05) is 0 Å². The van der Waals surface area contributed by atoms with Crippen molar-refractivity contribution in [2.24, 2.45) is 23.2 Å². The summed E-state index contributed by atoms with van der Waals surface area (Å²) in [5.41, 5.74) is 5.64. The van der Waals surface area contributed by atoms with Crippen molar-refractivity contribution < 1.29 is 0 Å². The first-order chi connectivity index (χ1) is 8.97. The van der Waals surface area contributed by atoms with Crippen LogP contribution in [0.4, 0.5) is 0 Å². The van der Waals surface area contributed by atoms with Gasteiger partial charge in [-0.05, 0) is 54.4 Å². The molecule has 0 saturated heterocycles. The monoisotopic (exact) mass is 258 g/mol. The van der Waals surface area contributed by atoms with E-state index in [1.807, 2.05) is 5.57 Å². The smallest absolute Gasteiger partial charge is 0.00911 e. The van der Waals surface area contributed by atoms with E-state index in [4.69, 9.17) is 0 Å². The Kier molecular flexibility index (Phi) is 3.39. The van der Waals surface area contributed by atoms with Crippen molar-refractivity contribution in [1.82, 2.24) is 0 Å². The van der Waals surface area contributed by atoms with Gasteiger partial charge in [0.1, 0.15) is 0 Å². The van der Waals surface area contributed by atoms with Crippen molar-refractivity contribution >= 4 is 0 Å². The van der Waals surface area contributed by atoms with E-state index in [1.165, 1.54) is 44.9 Å². The highest BCUT2D eigenvalue weighted by molar-refractivity contribution is 5.46. The predicted octanol–water partition coefficient (Wildman–Crippen LogP) is 5.90. The molecular formula is C19H30. The zero-order valence-electron chi connectivity index (χ0n) is 13.3. The lowest BCUT2D eigenvalue weighted by Gasteiger charge is -2.31. The third-order valence-corrected chi connectivity index (χ3v) is 5.85. The molecule has 3 aliphatic rings. The molecule has 0 aliphatic heterocycles. The Labute approximate surface area is 119 Å². The maximum absolute atomic E-state index is 2.57. The fraction of sp³-hybridized carbons (Fsp3) is 0.789. The second-order valence-electron chi connectivity index (χ2n) is 8.22. The summed E-state index contributed by atoms with van der Waals surface area (Å²) in [6, 6.07) is 0. The van der Waals surface area contributed by atoms with E-state index in [1.54, 1.807) is 11.1 Å². The third kappa shape index (κ3) is 2.43. The van der Waals surface area contributed by atoms with Crippen LogP contribution in [0.1, 0.15) is 72.6 Å². The summed E-state index contributed by atoms with van der Waals surface area (Å²) in [6.07, 6.45) is 12.8. The molecule has 0 N–H and O–H groups in total. The van der Waals surface area contributed by atoms with Crippen LogP contribution in [-0.4, -0.2) is 0 Å². The second-order valence-corrected chi connectivity index (χ2v) is 8.22. The Morgan fingerprint density at radius 2 is 1.74 bits per heavy atom. The van der Waals surface area contributed by atoms with E-state index in [0.717, 1.165) is 17.8 Å². The van der Waals surface area contributed by atoms with Gasteiger partial charge < -0.3 is 0 Å². The van der Waals surface area contributed by atoms with Gasteiger partial charge in [-0.15, -0.1) is 0 Å². The normalized spacial score (nSPS) is 32.7. The van der Waals surface area contributed by atoms with Crippen LogP contribution in [0.25, 0.3) is 0 Å². The molecule has 3 aliphatic carbocycles. The number of hydrogen-bond acceptors (Lipinski definition) is 0. The first-order valence-electron chi connectivity index (χ1n) is 8.41. The minimum Gasteiger partial charge on any atom is -0.0605 e. The molecule has 1 fully saturated rings. The number of rotatable bonds is 1. The van der Waals surface area contributed by atoms with Crippen LogP contribution in [-0.2, 0) is 0 Å². The van der Waals surface area contributed by atoms with Gasteiger partial charge in [0, 0.05) is 0 Å². The highest BCUT2D eigenvalue weighted by atomic mass is 14.4. The van der Waals surface area contributed by atoms with Crippen LogP contribution in [0.15, 0.2) is 22.8 Å². The van der Waals surface area contributed by atoms with E-state index >= 15 is 0 Å². The highest BCUT2D eigenvalue weighted by Gasteiger charge is 2.39. The Morgan fingerprint density at radius 1 is 1.05 bits per heavy atom. The van der Waals surface area contributed by atoms with Crippen molar-refractivity contribution in [3.8, 4) is 0 Å². The average Bonchev–Trinajstić information content (AvgIpc) is 2.91. The molecule has 3 rings (SSSR count). The van der Waals surface area contributed by atoms with Crippen molar-refractivity contribution in [1.29, 1.82) is 0 Å². The van der Waals surface area contributed by atoms with Gasteiger partial charge in [0.15, 0.2) is 0 Å². The van der Waals surface area contributed by atoms with Crippen LogP contribution < -0.4 is 0 Å². The van der Waals surface area contributed by atoms with Gasteiger partial charge in [0.05, 0.1) is 0 Å². The van der Waals surface area contributed by atoms with Crippen LogP contribution in [0.2, 0.25) is 0 Å². The van der Waals surface area contributed by atoms with Gasteiger partial charge in [-0.25, -0.2) is 0 Å². The van der Waals surface area contributed by atoms with Crippen LogP contribution in [0.5, 0.6) is 0 Å². The fourth-order valence-electron chi connectivity index (χ4n) is 4.59. The molecule has 106 valence electrons. The van der Waals surface area contributed by atoms with Gasteiger partial charge in [0.25, 0.3) is 0 Å². The summed E-state index contributed by atoms with van der Waals surface area (Å²) in [6.45, 7) is 9.59. The van der Waals surface area contributed by atoms with E-state index in [9.17, 15) is 0 Å². The fourth-order valence-corrected chi connectivity index (χ4v) is 4.59. The lowest BCUT2D eigenvalue weighted by atomic mass is 9.74. The van der Waals surface area contributed by atoms with Crippen molar-refractivity contribution in [3.05, 3.63) is 22.8 Å². The maximum atomic E-state index is 2.57. The maximum Gasteiger partial charge on any atom is -0.00911 e. The predicted molar refractivity (Wildman–Crippen MR) is 83.0 cm³/mol. The van der Waals surface area contributed by atoms with Gasteiger partial charge in [-0.3, -0.25) is 0 Å². The Bertz CT molecular complexity index is 410. The Morgan fingerprint density at radius 3 is 2.37 bits per heavy atom. The Balaban J connectivity index is 1.79. The molecule has 2 atom stereocenters. The topological polar surface area (TPSA) is 0 Å². The van der Waals surface area contributed by atoms with Gasteiger partial charge in [-0.2, -0.15) is 0 Å². The minimum atomic E-state index is 0.362. The molecule has 0 aromatic rings. The van der Waals surface area contributed by atoms with Crippen LogP contribution in [0, 0.1) is 23.2 Å². The molecule has 0 heteroatoms. The molecule has 1 saturated carbocycles. The molecule has 19 heavy (non-hydrogen) atoms. The molecule has 0 nitrogen and oxygen atoms in total. The molecule has 0 heterocycles. The molecular weight excluding hydrogens is 228 g/mol. The number of allylic oxidation sites excluding steroid dienone is 4. The molecule has 2 unspecified atom stereocenters. The molecule has 0 bridgehead atoms. The summed E-state index contributed by atoms with van der Waals surface area (Å²) in [7, 11) is 0. The van der Waals surface area contributed by atoms with E-state index < -0.39 is 0 Å². The first-order valence-corrected chi connectivity index (χ1v) is 8.41. The summed E-state index contributed by atoms with van der Waals surface area (Å²) < 4.78 is 0. The molecule has 0 spiro atoms. The number of hydrogen-bond donors (Lipinski definition) is 0. The first kappa shape index (κ1) is 13.5. The van der Waals surface area contributed by atoms with E-state index in [-0.39, 0.29) is 0 Å². The average molecular weight is 258 g/mol. The van der Waals surface area contributed by atoms with Gasteiger partial charge in [-0.1, -0.05) is 64.2 Å². The van der Waals surface area contributed by atoms with Crippen molar-refractivity contribution in [2.45, 2.75) is 72.6 Å². The molecule has 0 aromatic carbocycles. The zero-order valence-corrected chi connectivity index (χ0v) is 13.3. The third-order valence-electron chi connectivity index (χ3n) is 5.85. The quantitative estimate of drug-likeness (QED) is 0.549.